The number of ether oxygens (including phenoxy) is 2. The minimum Gasteiger partial charge on any atom is -0.444 e. The maximum Gasteiger partial charge on any atom is 0.410 e. The Balaban J connectivity index is 2.00. The molecule has 5 nitrogen and oxygen atoms in total. The fraction of sp³-hybridized carbons (Fsp3) is 0.571. The molecule has 1 saturated heterocycles. The van der Waals surface area contributed by atoms with Crippen LogP contribution in [0, 0.1) is 0 Å². The number of nitrogens with zero attached hydrogens (tertiary/aromatic N) is 2. The van der Waals surface area contributed by atoms with Crippen molar-refractivity contribution in [1.29, 1.82) is 0 Å². The number of hydrogen-bond donors (Lipinski definition) is 0. The van der Waals surface area contributed by atoms with Gasteiger partial charge < -0.3 is 14.4 Å². The molecule has 104 valence electrons. The second-order valence-electron chi connectivity index (χ2n) is 5.54. The SMILES string of the molecule is CC(C)(C)OC(=O)N1CCOC(c2ccccn2)C1. The van der Waals surface area contributed by atoms with Gasteiger partial charge in [-0.2, -0.15) is 0 Å². The van der Waals surface area contributed by atoms with Gasteiger partial charge in [0, 0.05) is 12.7 Å². The largest absolute Gasteiger partial charge is 0.444 e. The first-order valence-electron chi connectivity index (χ1n) is 6.46. The van der Waals surface area contributed by atoms with E-state index in [0.717, 1.165) is 5.69 Å². The molecule has 1 aromatic rings. The van der Waals surface area contributed by atoms with E-state index in [4.69, 9.17) is 9.47 Å². The summed E-state index contributed by atoms with van der Waals surface area (Å²) in [4.78, 5) is 18.0. The van der Waals surface area contributed by atoms with Crippen molar-refractivity contribution >= 4 is 6.09 Å². The van der Waals surface area contributed by atoms with Crippen molar-refractivity contribution < 1.29 is 14.3 Å². The molecule has 1 fully saturated rings. The van der Waals surface area contributed by atoms with E-state index in [2.05, 4.69) is 4.98 Å². The van der Waals surface area contributed by atoms with Crippen LogP contribution in [0.1, 0.15) is 32.6 Å². The highest BCUT2D eigenvalue weighted by molar-refractivity contribution is 5.68. The van der Waals surface area contributed by atoms with E-state index < -0.39 is 5.60 Å². The Morgan fingerprint density at radius 3 is 2.89 bits per heavy atom. The van der Waals surface area contributed by atoms with Crippen molar-refractivity contribution in [3.8, 4) is 0 Å². The van der Waals surface area contributed by atoms with E-state index in [1.165, 1.54) is 0 Å². The summed E-state index contributed by atoms with van der Waals surface area (Å²) in [6, 6.07) is 5.68. The quantitative estimate of drug-likeness (QED) is 0.781. The minimum atomic E-state index is -0.476. The van der Waals surface area contributed by atoms with E-state index in [1.54, 1.807) is 11.1 Å². The standard InChI is InChI=1S/C14H20N2O3/c1-14(2,3)19-13(17)16-8-9-18-12(10-16)11-6-4-5-7-15-11/h4-7,12H,8-10H2,1-3H3. The highest BCUT2D eigenvalue weighted by Crippen LogP contribution is 2.21. The average molecular weight is 264 g/mol. The Morgan fingerprint density at radius 1 is 1.47 bits per heavy atom. The van der Waals surface area contributed by atoms with Crippen LogP contribution in [0.25, 0.3) is 0 Å². The summed E-state index contributed by atoms with van der Waals surface area (Å²) >= 11 is 0. The zero-order chi connectivity index (χ0) is 13.9. The molecule has 1 atom stereocenters. The van der Waals surface area contributed by atoms with Crippen LogP contribution >= 0.6 is 0 Å². The third kappa shape index (κ3) is 3.92. The number of morpholine rings is 1. The van der Waals surface area contributed by atoms with E-state index in [0.29, 0.717) is 19.7 Å². The Labute approximate surface area is 113 Å². The molecule has 1 aromatic heterocycles. The normalized spacial score (nSPS) is 20.2. The van der Waals surface area contributed by atoms with Crippen molar-refractivity contribution in [3.05, 3.63) is 30.1 Å². The molecule has 19 heavy (non-hydrogen) atoms. The first kappa shape index (κ1) is 13.8. The van der Waals surface area contributed by atoms with Crippen LogP contribution < -0.4 is 0 Å². The van der Waals surface area contributed by atoms with Gasteiger partial charge in [-0.15, -0.1) is 0 Å². The van der Waals surface area contributed by atoms with E-state index in [1.807, 2.05) is 39.0 Å². The number of amides is 1. The molecule has 1 amide bonds. The predicted molar refractivity (Wildman–Crippen MR) is 70.7 cm³/mol. The molecule has 2 rings (SSSR count). The van der Waals surface area contributed by atoms with Gasteiger partial charge in [0.2, 0.25) is 0 Å². The smallest absolute Gasteiger partial charge is 0.410 e. The highest BCUT2D eigenvalue weighted by Gasteiger charge is 2.29. The summed E-state index contributed by atoms with van der Waals surface area (Å²) in [5.74, 6) is 0. The van der Waals surface area contributed by atoms with Gasteiger partial charge in [-0.05, 0) is 32.9 Å². The van der Waals surface area contributed by atoms with Crippen molar-refractivity contribution in [2.75, 3.05) is 19.7 Å². The molecule has 1 unspecified atom stereocenters. The molecule has 0 bridgehead atoms. The Kier molecular flexibility index (Phi) is 4.04. The molecule has 0 aliphatic carbocycles. The lowest BCUT2D eigenvalue weighted by atomic mass is 10.2. The molecule has 1 aliphatic rings. The number of hydrogen-bond acceptors (Lipinski definition) is 4. The maximum atomic E-state index is 12.0. The van der Waals surface area contributed by atoms with Crippen LogP contribution in [-0.2, 0) is 9.47 Å². The first-order chi connectivity index (χ1) is 8.96. The Morgan fingerprint density at radius 2 is 2.26 bits per heavy atom. The van der Waals surface area contributed by atoms with E-state index >= 15 is 0 Å². The highest BCUT2D eigenvalue weighted by atomic mass is 16.6. The van der Waals surface area contributed by atoms with Crippen molar-refractivity contribution in [2.45, 2.75) is 32.5 Å². The van der Waals surface area contributed by atoms with Crippen LogP contribution in [0.5, 0.6) is 0 Å². The van der Waals surface area contributed by atoms with Crippen LogP contribution in [-0.4, -0.2) is 41.3 Å². The molecule has 2 heterocycles. The molecule has 0 spiro atoms. The average Bonchev–Trinajstić information content (AvgIpc) is 2.38. The third-order valence-corrected chi connectivity index (χ3v) is 2.74. The number of aromatic nitrogens is 1. The van der Waals surface area contributed by atoms with Crippen molar-refractivity contribution in [2.24, 2.45) is 0 Å². The fourth-order valence-electron chi connectivity index (χ4n) is 1.89. The summed E-state index contributed by atoms with van der Waals surface area (Å²) < 4.78 is 11.0. The van der Waals surface area contributed by atoms with Gasteiger partial charge in [0.25, 0.3) is 0 Å². The van der Waals surface area contributed by atoms with E-state index in [-0.39, 0.29) is 12.2 Å². The predicted octanol–water partition coefficient (Wildman–Crippen LogP) is 2.39. The lowest BCUT2D eigenvalue weighted by Gasteiger charge is -2.33. The topological polar surface area (TPSA) is 51.7 Å². The summed E-state index contributed by atoms with van der Waals surface area (Å²) in [5.41, 5.74) is 0.367. The van der Waals surface area contributed by atoms with Crippen LogP contribution in [0.4, 0.5) is 4.79 Å². The van der Waals surface area contributed by atoms with Gasteiger partial charge in [-0.1, -0.05) is 6.07 Å². The van der Waals surface area contributed by atoms with Gasteiger partial charge in [-0.3, -0.25) is 4.98 Å². The maximum absolute atomic E-state index is 12.0. The summed E-state index contributed by atoms with van der Waals surface area (Å²) in [7, 11) is 0. The Bertz CT molecular complexity index is 428. The van der Waals surface area contributed by atoms with Gasteiger partial charge >= 0.3 is 6.09 Å². The molecular formula is C14H20N2O3. The fourth-order valence-corrected chi connectivity index (χ4v) is 1.89. The third-order valence-electron chi connectivity index (χ3n) is 2.74. The molecule has 5 heteroatoms. The summed E-state index contributed by atoms with van der Waals surface area (Å²) in [6.07, 6.45) is 1.25. The molecule has 0 radical (unpaired) electrons. The number of carbonyl (C=O) groups excluding carboxylic acids is 1. The van der Waals surface area contributed by atoms with Gasteiger partial charge in [0.1, 0.15) is 11.7 Å². The second-order valence-corrected chi connectivity index (χ2v) is 5.54. The first-order valence-corrected chi connectivity index (χ1v) is 6.46. The van der Waals surface area contributed by atoms with Crippen LogP contribution in [0.15, 0.2) is 24.4 Å². The summed E-state index contributed by atoms with van der Waals surface area (Å²) in [6.45, 7) is 7.12. The number of carbonyl (C=O) groups is 1. The van der Waals surface area contributed by atoms with Crippen LogP contribution in [0.3, 0.4) is 0 Å². The zero-order valence-electron chi connectivity index (χ0n) is 11.6. The zero-order valence-corrected chi connectivity index (χ0v) is 11.6. The monoisotopic (exact) mass is 264 g/mol. The lowest BCUT2D eigenvalue weighted by Crippen LogP contribution is -2.44. The molecule has 1 aliphatic heterocycles. The number of rotatable bonds is 1. The molecule has 0 aromatic carbocycles. The van der Waals surface area contributed by atoms with Crippen molar-refractivity contribution in [1.82, 2.24) is 9.88 Å². The molecular weight excluding hydrogens is 244 g/mol. The molecule has 0 N–H and O–H groups in total. The second kappa shape index (κ2) is 5.57. The lowest BCUT2D eigenvalue weighted by molar-refractivity contribution is -0.0447. The van der Waals surface area contributed by atoms with Gasteiger partial charge in [0.15, 0.2) is 0 Å². The van der Waals surface area contributed by atoms with Crippen molar-refractivity contribution in [3.63, 3.8) is 0 Å². The van der Waals surface area contributed by atoms with Gasteiger partial charge in [-0.25, -0.2) is 4.79 Å². The summed E-state index contributed by atoms with van der Waals surface area (Å²) in [5, 5.41) is 0. The number of pyridine rings is 1. The Hall–Kier alpha value is -1.62. The van der Waals surface area contributed by atoms with Gasteiger partial charge in [0.05, 0.1) is 18.8 Å². The van der Waals surface area contributed by atoms with E-state index in [9.17, 15) is 4.79 Å². The minimum absolute atomic E-state index is 0.178. The van der Waals surface area contributed by atoms with Crippen LogP contribution in [0.2, 0.25) is 0 Å². The molecule has 0 saturated carbocycles.